The van der Waals surface area contributed by atoms with Crippen molar-refractivity contribution < 1.29 is 14.0 Å². The summed E-state index contributed by atoms with van der Waals surface area (Å²) < 4.78 is 11.7. The minimum absolute atomic E-state index is 0.133. The minimum Gasteiger partial charge on any atom is -0.463 e. The molecule has 0 N–H and O–H groups in total. The molecular formula is C34H60O3Si. The Morgan fingerprint density at radius 3 is 2.45 bits per heavy atom. The van der Waals surface area contributed by atoms with Crippen LogP contribution in [0, 0.1) is 46.3 Å². The van der Waals surface area contributed by atoms with E-state index in [1.54, 1.807) is 0 Å². The first-order valence-electron chi connectivity index (χ1n) is 16.2. The molecular weight excluding hydrogens is 484 g/mol. The maximum atomic E-state index is 12.1. The maximum Gasteiger partial charge on any atom is 0.330 e. The number of hydrogen-bond donors (Lipinski definition) is 0. The predicted molar refractivity (Wildman–Crippen MR) is 161 cm³/mol. The summed E-state index contributed by atoms with van der Waals surface area (Å²) in [5.74, 6) is 5.04. The SMILES string of the molecule is CCOC(=O)/C=C1\CCC2(C)C(CCC3[C@@H]2CCC2(C)[C@@H]([C@H](C)CCCO[Si](C)(C)C(C)(C)C)CC[C@@H]32)C1. The zero-order valence-corrected chi connectivity index (χ0v) is 27.5. The van der Waals surface area contributed by atoms with E-state index in [2.05, 4.69) is 54.6 Å². The number of esters is 1. The van der Waals surface area contributed by atoms with Gasteiger partial charge in [-0.1, -0.05) is 47.1 Å². The van der Waals surface area contributed by atoms with Crippen molar-refractivity contribution >= 4 is 14.3 Å². The first-order chi connectivity index (χ1) is 17.7. The van der Waals surface area contributed by atoms with Gasteiger partial charge in [-0.2, -0.15) is 0 Å². The molecule has 4 fully saturated rings. The predicted octanol–water partition coefficient (Wildman–Crippen LogP) is 9.57. The average molecular weight is 545 g/mol. The number of fused-ring (bicyclic) bond motifs is 5. The Hall–Kier alpha value is -0.613. The van der Waals surface area contributed by atoms with E-state index in [0.29, 0.717) is 22.5 Å². The van der Waals surface area contributed by atoms with Gasteiger partial charge >= 0.3 is 5.97 Å². The molecule has 4 unspecified atom stereocenters. The highest BCUT2D eigenvalue weighted by Crippen LogP contribution is 2.68. The van der Waals surface area contributed by atoms with Crippen LogP contribution in [0.15, 0.2) is 11.6 Å². The Kier molecular flexibility index (Phi) is 9.06. The first-order valence-corrected chi connectivity index (χ1v) is 19.1. The van der Waals surface area contributed by atoms with Crippen molar-refractivity contribution in [2.24, 2.45) is 46.3 Å². The van der Waals surface area contributed by atoms with Gasteiger partial charge in [-0.3, -0.25) is 0 Å². The number of rotatable bonds is 8. The van der Waals surface area contributed by atoms with E-state index in [-0.39, 0.29) is 5.97 Å². The Bertz CT molecular complexity index is 871. The molecule has 0 radical (unpaired) electrons. The number of hydrogen-bond acceptors (Lipinski definition) is 3. The molecule has 38 heavy (non-hydrogen) atoms. The number of carbonyl (C=O) groups is 1. The zero-order valence-electron chi connectivity index (χ0n) is 26.5. The van der Waals surface area contributed by atoms with Crippen molar-refractivity contribution in [3.05, 3.63) is 11.6 Å². The third-order valence-electron chi connectivity index (χ3n) is 13.0. The van der Waals surface area contributed by atoms with Crippen LogP contribution in [-0.2, 0) is 14.0 Å². The summed E-state index contributed by atoms with van der Waals surface area (Å²) in [6.07, 6.45) is 16.4. The summed E-state index contributed by atoms with van der Waals surface area (Å²) >= 11 is 0. The van der Waals surface area contributed by atoms with Crippen LogP contribution >= 0.6 is 0 Å². The van der Waals surface area contributed by atoms with Crippen molar-refractivity contribution in [3.63, 3.8) is 0 Å². The Balaban J connectivity index is 1.36. The lowest BCUT2D eigenvalue weighted by Gasteiger charge is -2.61. The molecule has 8 atom stereocenters. The van der Waals surface area contributed by atoms with Gasteiger partial charge in [0.15, 0.2) is 8.32 Å². The summed E-state index contributed by atoms with van der Waals surface area (Å²) in [6, 6.07) is 0. The van der Waals surface area contributed by atoms with E-state index in [9.17, 15) is 4.79 Å². The van der Waals surface area contributed by atoms with Crippen molar-refractivity contribution in [1.82, 2.24) is 0 Å². The molecule has 4 aliphatic rings. The monoisotopic (exact) mass is 544 g/mol. The van der Waals surface area contributed by atoms with Gasteiger partial charge in [-0.15, -0.1) is 0 Å². The van der Waals surface area contributed by atoms with Gasteiger partial charge in [-0.05, 0) is 142 Å². The third kappa shape index (κ3) is 5.74. The molecule has 3 nitrogen and oxygen atoms in total. The van der Waals surface area contributed by atoms with Crippen LogP contribution < -0.4 is 0 Å². The third-order valence-corrected chi connectivity index (χ3v) is 17.5. The molecule has 0 aromatic rings. The molecule has 0 heterocycles. The van der Waals surface area contributed by atoms with Crippen molar-refractivity contribution in [2.75, 3.05) is 13.2 Å². The maximum absolute atomic E-state index is 12.1. The highest BCUT2D eigenvalue weighted by atomic mass is 28.4. The zero-order chi connectivity index (χ0) is 27.9. The summed E-state index contributed by atoms with van der Waals surface area (Å²) in [4.78, 5) is 12.1. The van der Waals surface area contributed by atoms with Gasteiger partial charge < -0.3 is 9.16 Å². The second kappa shape index (κ2) is 11.3. The molecule has 0 amide bonds. The van der Waals surface area contributed by atoms with Crippen LogP contribution in [0.3, 0.4) is 0 Å². The van der Waals surface area contributed by atoms with Crippen LogP contribution in [0.1, 0.15) is 119 Å². The van der Waals surface area contributed by atoms with Crippen LogP contribution in [0.2, 0.25) is 18.1 Å². The van der Waals surface area contributed by atoms with Crippen molar-refractivity contribution in [1.29, 1.82) is 0 Å². The van der Waals surface area contributed by atoms with E-state index in [4.69, 9.17) is 9.16 Å². The standard InChI is InChI=1S/C34H60O3Si/c1-10-36-31(35)23-25-17-19-33(6)26(22-25)13-14-27-29-16-15-28(34(29,7)20-18-30(27)33)24(2)12-11-21-37-38(8,9)32(3,4)5/h23-24,26-30H,10-22H2,1-9H3/b25-23+/t24-,26?,27?,28-,29+,30+,33?,34?/m1/s1. The Labute approximate surface area is 236 Å². The van der Waals surface area contributed by atoms with Gasteiger partial charge in [0, 0.05) is 12.7 Å². The number of allylic oxidation sites excluding steroid dienone is 1. The van der Waals surface area contributed by atoms with Gasteiger partial charge in [0.1, 0.15) is 0 Å². The normalized spacial score (nSPS) is 39.3. The van der Waals surface area contributed by atoms with E-state index in [0.717, 1.165) is 55.0 Å². The van der Waals surface area contributed by atoms with E-state index in [1.165, 1.54) is 63.4 Å². The van der Waals surface area contributed by atoms with Crippen LogP contribution in [-0.4, -0.2) is 27.5 Å². The second-order valence-corrected chi connectivity index (χ2v) is 20.7. The molecule has 0 bridgehead atoms. The molecule has 0 aromatic carbocycles. The molecule has 4 heteroatoms. The summed E-state index contributed by atoms with van der Waals surface area (Å²) in [6.45, 7) is 23.0. The lowest BCUT2D eigenvalue weighted by Crippen LogP contribution is -2.53. The van der Waals surface area contributed by atoms with Crippen LogP contribution in [0.5, 0.6) is 0 Å². The van der Waals surface area contributed by atoms with Gasteiger partial charge in [-0.25, -0.2) is 4.79 Å². The molecule has 4 aliphatic carbocycles. The molecule has 0 spiro atoms. The molecule has 4 saturated carbocycles. The fourth-order valence-corrected chi connectivity index (χ4v) is 10.8. The topological polar surface area (TPSA) is 35.5 Å². The quantitative estimate of drug-likeness (QED) is 0.132. The second-order valence-electron chi connectivity index (χ2n) is 15.9. The van der Waals surface area contributed by atoms with E-state index < -0.39 is 8.32 Å². The highest BCUT2D eigenvalue weighted by molar-refractivity contribution is 6.74. The smallest absolute Gasteiger partial charge is 0.330 e. The summed E-state index contributed by atoms with van der Waals surface area (Å²) in [7, 11) is -1.64. The molecule has 0 aliphatic heterocycles. The largest absolute Gasteiger partial charge is 0.463 e. The number of ether oxygens (including phenoxy) is 1. The first kappa shape index (κ1) is 30.3. The Morgan fingerprint density at radius 1 is 1.05 bits per heavy atom. The average Bonchev–Trinajstić information content (AvgIpc) is 3.18. The van der Waals surface area contributed by atoms with E-state index in [1.807, 2.05) is 13.0 Å². The molecule has 0 aromatic heterocycles. The molecule has 0 saturated heterocycles. The minimum atomic E-state index is -1.64. The molecule has 218 valence electrons. The lowest BCUT2D eigenvalue weighted by atomic mass is 9.44. The fourth-order valence-electron chi connectivity index (χ4n) is 9.72. The highest BCUT2D eigenvalue weighted by Gasteiger charge is 2.60. The Morgan fingerprint density at radius 2 is 1.76 bits per heavy atom. The van der Waals surface area contributed by atoms with Crippen LogP contribution in [0.25, 0.3) is 0 Å². The fraction of sp³-hybridized carbons (Fsp3) is 0.912. The summed E-state index contributed by atoms with van der Waals surface area (Å²) in [5.41, 5.74) is 2.34. The van der Waals surface area contributed by atoms with Gasteiger partial charge in [0.25, 0.3) is 0 Å². The summed E-state index contributed by atoms with van der Waals surface area (Å²) in [5, 5.41) is 0.302. The molecule has 4 rings (SSSR count). The van der Waals surface area contributed by atoms with Gasteiger partial charge in [0.05, 0.1) is 6.61 Å². The number of carbonyl (C=O) groups excluding carboxylic acids is 1. The van der Waals surface area contributed by atoms with Crippen molar-refractivity contribution in [2.45, 2.75) is 137 Å². The van der Waals surface area contributed by atoms with E-state index >= 15 is 0 Å². The van der Waals surface area contributed by atoms with Gasteiger partial charge in [0.2, 0.25) is 0 Å². The lowest BCUT2D eigenvalue weighted by molar-refractivity contribution is -0.137. The van der Waals surface area contributed by atoms with Crippen molar-refractivity contribution in [3.8, 4) is 0 Å². The van der Waals surface area contributed by atoms with Crippen LogP contribution in [0.4, 0.5) is 0 Å².